The SMILES string of the molecule is C=CCc1c2occc2c(OC)c2c(O)cc(=O)oc12. The van der Waals surface area contributed by atoms with Gasteiger partial charge in [0.2, 0.25) is 0 Å². The third-order valence-corrected chi connectivity index (χ3v) is 3.18. The van der Waals surface area contributed by atoms with Crippen molar-refractivity contribution in [2.75, 3.05) is 7.11 Å². The fourth-order valence-corrected chi connectivity index (χ4v) is 2.41. The fraction of sp³-hybridized carbons (Fsp3) is 0.133. The van der Waals surface area contributed by atoms with Crippen LogP contribution in [0.4, 0.5) is 0 Å². The molecule has 0 saturated heterocycles. The van der Waals surface area contributed by atoms with E-state index in [0.717, 1.165) is 6.07 Å². The Hall–Kier alpha value is -2.69. The Kier molecular flexibility index (Phi) is 2.75. The van der Waals surface area contributed by atoms with Crippen LogP contribution < -0.4 is 10.4 Å². The molecule has 5 heteroatoms. The van der Waals surface area contributed by atoms with E-state index in [4.69, 9.17) is 13.6 Å². The van der Waals surface area contributed by atoms with Gasteiger partial charge in [0.25, 0.3) is 0 Å². The highest BCUT2D eigenvalue weighted by Gasteiger charge is 2.21. The molecule has 0 aliphatic heterocycles. The lowest BCUT2D eigenvalue weighted by Gasteiger charge is -2.11. The number of hydrogen-bond acceptors (Lipinski definition) is 5. The van der Waals surface area contributed by atoms with Gasteiger partial charge in [-0.25, -0.2) is 4.79 Å². The molecule has 2 aromatic heterocycles. The molecule has 1 aromatic carbocycles. The lowest BCUT2D eigenvalue weighted by atomic mass is 10.0. The van der Waals surface area contributed by atoms with Crippen molar-refractivity contribution >= 4 is 21.9 Å². The molecule has 0 radical (unpaired) electrons. The van der Waals surface area contributed by atoms with Crippen molar-refractivity contribution in [3.63, 3.8) is 0 Å². The van der Waals surface area contributed by atoms with E-state index in [1.807, 2.05) is 0 Å². The Labute approximate surface area is 113 Å². The van der Waals surface area contributed by atoms with E-state index in [1.165, 1.54) is 13.4 Å². The minimum absolute atomic E-state index is 0.179. The molecular formula is C15H12O5. The summed E-state index contributed by atoms with van der Waals surface area (Å²) in [6.45, 7) is 3.69. The quantitative estimate of drug-likeness (QED) is 0.586. The lowest BCUT2D eigenvalue weighted by Crippen LogP contribution is -2.00. The van der Waals surface area contributed by atoms with Crippen LogP contribution in [0, 0.1) is 0 Å². The normalized spacial score (nSPS) is 11.1. The van der Waals surface area contributed by atoms with E-state index < -0.39 is 5.63 Å². The van der Waals surface area contributed by atoms with E-state index in [9.17, 15) is 9.90 Å². The van der Waals surface area contributed by atoms with Crippen LogP contribution in [0.2, 0.25) is 0 Å². The van der Waals surface area contributed by atoms with Crippen LogP contribution in [0.15, 0.2) is 44.7 Å². The van der Waals surface area contributed by atoms with Crippen LogP contribution in [0.25, 0.3) is 21.9 Å². The number of rotatable bonds is 3. The van der Waals surface area contributed by atoms with Crippen molar-refractivity contribution in [2.24, 2.45) is 0 Å². The van der Waals surface area contributed by atoms with Crippen LogP contribution in [-0.4, -0.2) is 12.2 Å². The molecule has 20 heavy (non-hydrogen) atoms. The number of benzene rings is 1. The fourth-order valence-electron chi connectivity index (χ4n) is 2.41. The maximum absolute atomic E-state index is 11.5. The Bertz CT molecular complexity index is 869. The van der Waals surface area contributed by atoms with Crippen molar-refractivity contribution in [3.05, 3.63) is 47.0 Å². The van der Waals surface area contributed by atoms with Crippen molar-refractivity contribution in [1.29, 1.82) is 0 Å². The molecule has 0 spiro atoms. The van der Waals surface area contributed by atoms with Gasteiger partial charge in [0.1, 0.15) is 22.5 Å². The standard InChI is InChI=1S/C15H12O5/c1-3-4-8-13-9(5-6-19-13)14(18-2)12-10(16)7-11(17)20-15(8)12/h3,5-7,16H,1,4H2,2H3. The lowest BCUT2D eigenvalue weighted by molar-refractivity contribution is 0.417. The molecule has 0 amide bonds. The van der Waals surface area contributed by atoms with Gasteiger partial charge in [0.15, 0.2) is 5.58 Å². The van der Waals surface area contributed by atoms with Crippen molar-refractivity contribution < 1.29 is 18.7 Å². The third-order valence-electron chi connectivity index (χ3n) is 3.18. The Morgan fingerprint density at radius 2 is 2.25 bits per heavy atom. The monoisotopic (exact) mass is 272 g/mol. The number of hydrogen-bond donors (Lipinski definition) is 1. The van der Waals surface area contributed by atoms with Gasteiger partial charge in [-0.3, -0.25) is 0 Å². The molecule has 0 saturated carbocycles. The van der Waals surface area contributed by atoms with Crippen LogP contribution in [-0.2, 0) is 6.42 Å². The highest BCUT2D eigenvalue weighted by molar-refractivity contribution is 6.06. The molecule has 0 unspecified atom stereocenters. The predicted molar refractivity (Wildman–Crippen MR) is 74.4 cm³/mol. The van der Waals surface area contributed by atoms with Gasteiger partial charge in [-0.2, -0.15) is 0 Å². The first kappa shape index (κ1) is 12.3. The Morgan fingerprint density at radius 3 is 2.95 bits per heavy atom. The van der Waals surface area contributed by atoms with Crippen LogP contribution in [0.1, 0.15) is 5.56 Å². The molecule has 102 valence electrons. The largest absolute Gasteiger partial charge is 0.507 e. The van der Waals surface area contributed by atoms with Crippen LogP contribution in [0.5, 0.6) is 11.5 Å². The summed E-state index contributed by atoms with van der Waals surface area (Å²) in [4.78, 5) is 11.5. The highest BCUT2D eigenvalue weighted by Crippen LogP contribution is 2.42. The van der Waals surface area contributed by atoms with Gasteiger partial charge in [0, 0.05) is 5.56 Å². The van der Waals surface area contributed by atoms with E-state index in [1.54, 1.807) is 12.1 Å². The minimum atomic E-state index is -0.631. The first-order valence-electron chi connectivity index (χ1n) is 6.01. The summed E-state index contributed by atoms with van der Waals surface area (Å²) >= 11 is 0. The van der Waals surface area contributed by atoms with E-state index in [2.05, 4.69) is 6.58 Å². The predicted octanol–water partition coefficient (Wildman–Crippen LogP) is 2.98. The van der Waals surface area contributed by atoms with Crippen LogP contribution >= 0.6 is 0 Å². The van der Waals surface area contributed by atoms with Gasteiger partial charge < -0.3 is 18.7 Å². The molecule has 0 aliphatic rings. The molecule has 0 fully saturated rings. The van der Waals surface area contributed by atoms with E-state index in [-0.39, 0.29) is 11.3 Å². The molecule has 0 bridgehead atoms. The summed E-state index contributed by atoms with van der Waals surface area (Å²) < 4.78 is 16.0. The van der Waals surface area contributed by atoms with E-state index >= 15 is 0 Å². The molecule has 1 N–H and O–H groups in total. The summed E-state index contributed by atoms with van der Waals surface area (Å²) in [5.41, 5.74) is 0.842. The van der Waals surface area contributed by atoms with E-state index in [0.29, 0.717) is 34.1 Å². The minimum Gasteiger partial charge on any atom is -0.507 e. The first-order valence-corrected chi connectivity index (χ1v) is 6.01. The van der Waals surface area contributed by atoms with Crippen molar-refractivity contribution in [1.82, 2.24) is 0 Å². The molecule has 0 aliphatic carbocycles. The molecule has 5 nitrogen and oxygen atoms in total. The van der Waals surface area contributed by atoms with Crippen molar-refractivity contribution in [2.45, 2.75) is 6.42 Å². The summed E-state index contributed by atoms with van der Waals surface area (Å²) in [7, 11) is 1.49. The zero-order valence-electron chi connectivity index (χ0n) is 10.8. The van der Waals surface area contributed by atoms with Gasteiger partial charge in [0.05, 0.1) is 24.8 Å². The topological polar surface area (TPSA) is 72.8 Å². The summed E-state index contributed by atoms with van der Waals surface area (Å²) in [6.07, 6.45) is 3.64. The van der Waals surface area contributed by atoms with Gasteiger partial charge in [-0.05, 0) is 12.5 Å². The second-order valence-electron chi connectivity index (χ2n) is 4.32. The average molecular weight is 272 g/mol. The number of furan rings is 1. The average Bonchev–Trinajstić information content (AvgIpc) is 2.88. The number of ether oxygens (including phenoxy) is 1. The highest BCUT2D eigenvalue weighted by atomic mass is 16.5. The summed E-state index contributed by atoms with van der Waals surface area (Å²) in [6, 6.07) is 2.76. The first-order chi connectivity index (χ1) is 9.67. The zero-order chi connectivity index (χ0) is 14.3. The van der Waals surface area contributed by atoms with Crippen molar-refractivity contribution in [3.8, 4) is 11.5 Å². The third kappa shape index (κ3) is 1.60. The van der Waals surface area contributed by atoms with Gasteiger partial charge >= 0.3 is 5.63 Å². The number of aromatic hydroxyl groups is 1. The molecule has 3 aromatic rings. The second kappa shape index (κ2) is 4.45. The maximum Gasteiger partial charge on any atom is 0.339 e. The molecule has 2 heterocycles. The maximum atomic E-state index is 11.5. The summed E-state index contributed by atoms with van der Waals surface area (Å²) in [5, 5.41) is 11.1. The molecule has 0 atom stereocenters. The van der Waals surface area contributed by atoms with Gasteiger partial charge in [-0.15, -0.1) is 6.58 Å². The zero-order valence-corrected chi connectivity index (χ0v) is 10.8. The number of fused-ring (bicyclic) bond motifs is 2. The van der Waals surface area contributed by atoms with Crippen LogP contribution in [0.3, 0.4) is 0 Å². The number of allylic oxidation sites excluding steroid dienone is 1. The Balaban J connectivity index is 2.64. The summed E-state index contributed by atoms with van der Waals surface area (Å²) in [5.74, 6) is 0.235. The molecular weight excluding hydrogens is 260 g/mol. The number of methoxy groups -OCH3 is 1. The van der Waals surface area contributed by atoms with Gasteiger partial charge in [-0.1, -0.05) is 6.08 Å². The smallest absolute Gasteiger partial charge is 0.339 e. The molecule has 3 rings (SSSR count). The second-order valence-corrected chi connectivity index (χ2v) is 4.32. The Morgan fingerprint density at radius 1 is 1.45 bits per heavy atom.